The fourth-order valence-corrected chi connectivity index (χ4v) is 17.9. The zero-order chi connectivity index (χ0) is 20.1. The van der Waals surface area contributed by atoms with Gasteiger partial charge in [-0.2, -0.15) is 0 Å². The van der Waals surface area contributed by atoms with E-state index in [4.69, 9.17) is 14.1 Å². The molecular formula is C21H40BOP3+2. The number of fused-ring (bicyclic) bond motifs is 1. The number of rotatable bonds is 9. The fraction of sp³-hybridized carbons (Fsp3) is 0.857. The maximum absolute atomic E-state index is 10.9. The van der Waals surface area contributed by atoms with Crippen molar-refractivity contribution in [2.24, 2.45) is 17.3 Å². The maximum atomic E-state index is 10.9. The van der Waals surface area contributed by atoms with Crippen molar-refractivity contribution < 1.29 is 5.11 Å². The van der Waals surface area contributed by atoms with Crippen LogP contribution < -0.4 is 0 Å². The predicted octanol–water partition coefficient (Wildman–Crippen LogP) is 5.75. The summed E-state index contributed by atoms with van der Waals surface area (Å²) in [6.07, 6.45) is 18.6. The van der Waals surface area contributed by atoms with Crippen molar-refractivity contribution in [2.75, 3.05) is 24.1 Å². The van der Waals surface area contributed by atoms with Crippen molar-refractivity contribution in [3.8, 4) is 0 Å². The lowest BCUT2D eigenvalue weighted by atomic mass is 9.69. The van der Waals surface area contributed by atoms with Gasteiger partial charge in [0.2, 0.25) is 0 Å². The minimum Gasteiger partial charge on any atom is -0.390 e. The summed E-state index contributed by atoms with van der Waals surface area (Å²) in [7, 11) is 6.07. The Kier molecular flexibility index (Phi) is 6.61. The van der Waals surface area contributed by atoms with Crippen molar-refractivity contribution in [1.82, 2.24) is 0 Å². The van der Waals surface area contributed by atoms with Crippen LogP contribution in [-0.4, -0.2) is 66.7 Å². The Morgan fingerprint density at radius 1 is 1.19 bits per heavy atom. The summed E-state index contributed by atoms with van der Waals surface area (Å²) in [5, 5.41) is 11.1. The van der Waals surface area contributed by atoms with Crippen LogP contribution in [0.25, 0.3) is 0 Å². The zero-order valence-corrected chi connectivity index (χ0v) is 20.6. The van der Waals surface area contributed by atoms with Gasteiger partial charge in [0.25, 0.3) is 0 Å². The molecule has 2 aliphatic rings. The van der Waals surface area contributed by atoms with Crippen LogP contribution in [0, 0.1) is 17.3 Å². The van der Waals surface area contributed by atoms with E-state index in [1.807, 2.05) is 6.92 Å². The van der Waals surface area contributed by atoms with E-state index in [-0.39, 0.29) is 37.4 Å². The Balaban J connectivity index is 2.32. The van der Waals surface area contributed by atoms with Gasteiger partial charge < -0.3 is 5.11 Å². The third-order valence-electron chi connectivity index (χ3n) is 7.91. The molecule has 146 valence electrons. The van der Waals surface area contributed by atoms with E-state index in [0.717, 1.165) is 6.42 Å². The Morgan fingerprint density at radius 3 is 2.00 bits per heavy atom. The molecule has 0 aromatic carbocycles. The lowest BCUT2D eigenvalue weighted by Crippen LogP contribution is -2.39. The van der Waals surface area contributed by atoms with Gasteiger partial charge in [0, 0.05) is 0 Å². The molecule has 2 fully saturated rings. The SMILES string of the molecule is [B][C@@H]1[C@H]2C[C@@]2(CC(C)(C)P(=C)(C[P+](=C)CC)C[P+](=C)CC)[C@@H](C)[C@@]1(C)O. The van der Waals surface area contributed by atoms with Crippen LogP contribution in [0.15, 0.2) is 0 Å². The minimum absolute atomic E-state index is 0.0768. The summed E-state index contributed by atoms with van der Waals surface area (Å²) < 4.78 is 0. The molecule has 0 aliphatic heterocycles. The number of hydrogen-bond donors (Lipinski definition) is 1. The van der Waals surface area contributed by atoms with Crippen LogP contribution in [0.1, 0.15) is 54.4 Å². The van der Waals surface area contributed by atoms with E-state index >= 15 is 0 Å². The Hall–Kier alpha value is 0.665. The van der Waals surface area contributed by atoms with E-state index in [0.29, 0.717) is 5.92 Å². The first-order valence-corrected chi connectivity index (χ1v) is 16.2. The topological polar surface area (TPSA) is 20.2 Å². The van der Waals surface area contributed by atoms with Crippen molar-refractivity contribution in [3.63, 3.8) is 0 Å². The largest absolute Gasteiger partial charge is 0.390 e. The van der Waals surface area contributed by atoms with Gasteiger partial charge in [0.15, 0.2) is 0 Å². The van der Waals surface area contributed by atoms with Crippen LogP contribution in [0.4, 0.5) is 0 Å². The minimum atomic E-state index is -1.41. The highest BCUT2D eigenvalue weighted by Gasteiger charge is 2.72. The molecule has 0 amide bonds. The number of aliphatic hydroxyl groups is 1. The monoisotopic (exact) mass is 412 g/mol. The summed E-state index contributed by atoms with van der Waals surface area (Å²) >= 11 is 0. The average molecular weight is 412 g/mol. The number of hydrogen-bond acceptors (Lipinski definition) is 1. The van der Waals surface area contributed by atoms with Gasteiger partial charge in [-0.1, -0.05) is 27.1 Å². The maximum Gasteiger partial charge on any atom is 0.127 e. The van der Waals surface area contributed by atoms with E-state index in [1.165, 1.54) is 30.6 Å². The molecular weight excluding hydrogens is 372 g/mol. The van der Waals surface area contributed by atoms with Gasteiger partial charge >= 0.3 is 0 Å². The van der Waals surface area contributed by atoms with Crippen LogP contribution >= 0.6 is 22.0 Å². The summed E-state index contributed by atoms with van der Waals surface area (Å²) in [6, 6.07) is 0. The third-order valence-corrected chi connectivity index (χ3v) is 20.0. The fourth-order valence-electron chi connectivity index (χ4n) is 5.33. The molecule has 1 N–H and O–H groups in total. The van der Waals surface area contributed by atoms with Gasteiger partial charge in [0.05, 0.1) is 41.1 Å². The van der Waals surface area contributed by atoms with Crippen molar-refractivity contribution in [3.05, 3.63) is 0 Å². The molecule has 0 aromatic rings. The molecule has 0 bridgehead atoms. The van der Waals surface area contributed by atoms with Gasteiger partial charge in [-0.25, -0.2) is 0 Å². The van der Waals surface area contributed by atoms with Gasteiger partial charge in [-0.05, 0) is 68.7 Å². The Labute approximate surface area is 166 Å². The van der Waals surface area contributed by atoms with Crippen LogP contribution in [0.2, 0.25) is 5.82 Å². The normalized spacial score (nSPS) is 39.9. The molecule has 26 heavy (non-hydrogen) atoms. The Morgan fingerprint density at radius 2 is 1.65 bits per heavy atom. The lowest BCUT2D eigenvalue weighted by molar-refractivity contribution is -0.00305. The molecule has 2 aliphatic carbocycles. The molecule has 5 heteroatoms. The smallest absolute Gasteiger partial charge is 0.127 e. The van der Waals surface area contributed by atoms with Gasteiger partial charge in [0.1, 0.15) is 24.1 Å². The predicted molar refractivity (Wildman–Crippen MR) is 131 cm³/mol. The van der Waals surface area contributed by atoms with E-state index in [2.05, 4.69) is 47.2 Å². The van der Waals surface area contributed by atoms with Crippen LogP contribution in [-0.2, 0) is 0 Å². The molecule has 0 saturated heterocycles. The highest BCUT2D eigenvalue weighted by atomic mass is 31.2. The van der Waals surface area contributed by atoms with Crippen LogP contribution in [0.3, 0.4) is 0 Å². The second-order valence-electron chi connectivity index (χ2n) is 9.91. The average Bonchev–Trinajstić information content (AvgIpc) is 3.23. The van der Waals surface area contributed by atoms with Gasteiger partial charge in [-0.3, -0.25) is 0 Å². The molecule has 2 radical (unpaired) electrons. The van der Waals surface area contributed by atoms with Crippen molar-refractivity contribution >= 4 is 48.7 Å². The molecule has 2 saturated carbocycles. The molecule has 0 heterocycles. The highest BCUT2D eigenvalue weighted by molar-refractivity contribution is 7.89. The second-order valence-corrected chi connectivity index (χ2v) is 19.6. The zero-order valence-electron chi connectivity index (χ0n) is 18.0. The van der Waals surface area contributed by atoms with E-state index < -0.39 is 12.5 Å². The summed E-state index contributed by atoms with van der Waals surface area (Å²) in [6.45, 7) is 12.2. The standard InChI is InChI=1S/C21H40BOP3/c1-10-24(7)14-26(9,15-25(8)11-2)19(4,5)13-21-12-17(21)18(22)20(6,23)16(21)3/h16-18,23H,7-15H2,1-6H3/q+2/t16-,17+,18+,20+,21+/m0/s1. The molecule has 2 unspecified atom stereocenters. The third kappa shape index (κ3) is 3.75. The first-order chi connectivity index (χ1) is 11.8. The van der Waals surface area contributed by atoms with E-state index in [1.54, 1.807) is 0 Å². The lowest BCUT2D eigenvalue weighted by Gasteiger charge is -2.42. The molecule has 1 nitrogen and oxygen atoms in total. The van der Waals surface area contributed by atoms with Crippen LogP contribution in [0.5, 0.6) is 0 Å². The second kappa shape index (κ2) is 7.49. The van der Waals surface area contributed by atoms with E-state index in [9.17, 15) is 5.11 Å². The summed E-state index contributed by atoms with van der Waals surface area (Å²) in [5.74, 6) is 3.14. The Bertz CT molecular complexity index is 617. The van der Waals surface area contributed by atoms with Gasteiger partial charge in [-0.15, -0.1) is 0 Å². The quantitative estimate of drug-likeness (QED) is 0.378. The highest BCUT2D eigenvalue weighted by Crippen LogP contribution is 2.79. The van der Waals surface area contributed by atoms with Crippen molar-refractivity contribution in [1.29, 1.82) is 0 Å². The first-order valence-electron chi connectivity index (χ1n) is 10.1. The van der Waals surface area contributed by atoms with Crippen molar-refractivity contribution in [2.45, 2.75) is 71.0 Å². The molecule has 2 rings (SSSR count). The summed E-state index contributed by atoms with van der Waals surface area (Å²) in [5.41, 5.74) is -0.506. The summed E-state index contributed by atoms with van der Waals surface area (Å²) in [4.78, 5) is 0. The molecule has 0 aromatic heterocycles. The molecule has 7 atom stereocenters. The molecule has 0 spiro atoms. The first kappa shape index (κ1) is 22.9.